The van der Waals surface area contributed by atoms with Crippen molar-refractivity contribution in [2.45, 2.75) is 29.6 Å². The van der Waals surface area contributed by atoms with Crippen LogP contribution in [0.3, 0.4) is 0 Å². The van der Waals surface area contributed by atoms with Crippen LogP contribution in [0, 0.1) is 0 Å². The highest BCUT2D eigenvalue weighted by Crippen LogP contribution is 2.23. The molecule has 0 fully saturated rings. The van der Waals surface area contributed by atoms with Gasteiger partial charge in [0.25, 0.3) is 0 Å². The maximum Gasteiger partial charge on any atom is 0.193 e. The predicted molar refractivity (Wildman–Crippen MR) is 72.8 cm³/mol. The molecule has 6 heteroatoms. The fourth-order valence-corrected chi connectivity index (χ4v) is 2.14. The summed E-state index contributed by atoms with van der Waals surface area (Å²) >= 11 is 7.17. The van der Waals surface area contributed by atoms with Crippen molar-refractivity contribution < 1.29 is 0 Å². The third-order valence-corrected chi connectivity index (χ3v) is 3.20. The molecule has 1 atom stereocenters. The van der Waals surface area contributed by atoms with Gasteiger partial charge in [-0.15, -0.1) is 0 Å². The molecule has 0 aromatic carbocycles. The van der Waals surface area contributed by atoms with Gasteiger partial charge >= 0.3 is 0 Å². The number of halogens is 1. The van der Waals surface area contributed by atoms with Crippen molar-refractivity contribution in [3.8, 4) is 0 Å². The van der Waals surface area contributed by atoms with Gasteiger partial charge in [0.05, 0.1) is 5.02 Å². The second-order valence-corrected chi connectivity index (χ2v) is 5.40. The third-order valence-electron chi connectivity index (χ3n) is 2.14. The Hall–Kier alpha value is -1.17. The second-order valence-electron chi connectivity index (χ2n) is 3.97. The van der Waals surface area contributed by atoms with E-state index >= 15 is 0 Å². The van der Waals surface area contributed by atoms with E-state index in [0.717, 1.165) is 17.0 Å². The SMILES string of the molecule is CC(N)Cc1cnc(Sc2ccc(Cl)cn2)nc1. The lowest BCUT2D eigenvalue weighted by molar-refractivity contribution is 0.727. The predicted octanol–water partition coefficient (Wildman–Crippen LogP) is 2.57. The van der Waals surface area contributed by atoms with Crippen molar-refractivity contribution in [1.29, 1.82) is 0 Å². The molecule has 2 aromatic heterocycles. The largest absolute Gasteiger partial charge is 0.328 e. The monoisotopic (exact) mass is 280 g/mol. The van der Waals surface area contributed by atoms with E-state index < -0.39 is 0 Å². The van der Waals surface area contributed by atoms with Crippen LogP contribution in [0.4, 0.5) is 0 Å². The van der Waals surface area contributed by atoms with Gasteiger partial charge in [0, 0.05) is 24.6 Å². The molecule has 0 aliphatic rings. The van der Waals surface area contributed by atoms with E-state index in [0.29, 0.717) is 10.2 Å². The van der Waals surface area contributed by atoms with E-state index in [4.69, 9.17) is 17.3 Å². The number of pyridine rings is 1. The molecule has 4 nitrogen and oxygen atoms in total. The Morgan fingerprint density at radius 3 is 2.50 bits per heavy atom. The van der Waals surface area contributed by atoms with Crippen molar-refractivity contribution in [3.63, 3.8) is 0 Å². The summed E-state index contributed by atoms with van der Waals surface area (Å²) in [6.07, 6.45) is 5.99. The van der Waals surface area contributed by atoms with Gasteiger partial charge in [0.15, 0.2) is 5.16 Å². The lowest BCUT2D eigenvalue weighted by atomic mass is 10.1. The summed E-state index contributed by atoms with van der Waals surface area (Å²) in [6.45, 7) is 1.96. The summed E-state index contributed by atoms with van der Waals surface area (Å²) in [6, 6.07) is 3.75. The average Bonchev–Trinajstić information content (AvgIpc) is 2.34. The molecule has 0 saturated carbocycles. The van der Waals surface area contributed by atoms with Crippen LogP contribution < -0.4 is 5.73 Å². The Kier molecular flexibility index (Phi) is 4.52. The van der Waals surface area contributed by atoms with Gasteiger partial charge in [0.1, 0.15) is 5.03 Å². The number of aromatic nitrogens is 3. The Labute approximate surface area is 115 Å². The van der Waals surface area contributed by atoms with Gasteiger partial charge in [-0.05, 0) is 42.8 Å². The van der Waals surface area contributed by atoms with Gasteiger partial charge in [-0.1, -0.05) is 11.6 Å². The van der Waals surface area contributed by atoms with Gasteiger partial charge in [-0.2, -0.15) is 0 Å². The number of nitrogens with two attached hydrogens (primary N) is 1. The topological polar surface area (TPSA) is 64.7 Å². The van der Waals surface area contributed by atoms with Crippen LogP contribution in [0.2, 0.25) is 5.02 Å². The summed E-state index contributed by atoms with van der Waals surface area (Å²) in [5.74, 6) is 0. The average molecular weight is 281 g/mol. The first kappa shape index (κ1) is 13.3. The van der Waals surface area contributed by atoms with Crippen molar-refractivity contribution >= 4 is 23.4 Å². The molecule has 0 saturated heterocycles. The fraction of sp³-hybridized carbons (Fsp3) is 0.250. The van der Waals surface area contributed by atoms with E-state index in [1.807, 2.05) is 13.0 Å². The second kappa shape index (κ2) is 6.13. The molecule has 0 spiro atoms. The van der Waals surface area contributed by atoms with Gasteiger partial charge in [-0.25, -0.2) is 15.0 Å². The normalized spacial score (nSPS) is 12.4. The third kappa shape index (κ3) is 3.94. The number of nitrogens with zero attached hydrogens (tertiary/aromatic N) is 3. The zero-order valence-electron chi connectivity index (χ0n) is 9.88. The van der Waals surface area contributed by atoms with E-state index in [1.54, 1.807) is 24.7 Å². The van der Waals surface area contributed by atoms with E-state index in [9.17, 15) is 0 Å². The van der Waals surface area contributed by atoms with Crippen LogP contribution in [0.1, 0.15) is 12.5 Å². The fourth-order valence-electron chi connectivity index (χ4n) is 1.39. The highest BCUT2D eigenvalue weighted by Gasteiger charge is 2.03. The first-order chi connectivity index (χ1) is 8.63. The molecule has 0 amide bonds. The molecule has 0 radical (unpaired) electrons. The van der Waals surface area contributed by atoms with Crippen molar-refractivity contribution in [1.82, 2.24) is 15.0 Å². The number of hydrogen-bond donors (Lipinski definition) is 1. The van der Waals surface area contributed by atoms with Crippen LogP contribution >= 0.6 is 23.4 Å². The quantitative estimate of drug-likeness (QED) is 0.872. The molecule has 2 heterocycles. The first-order valence-electron chi connectivity index (χ1n) is 5.49. The molecule has 0 aliphatic carbocycles. The Morgan fingerprint density at radius 1 is 1.22 bits per heavy atom. The smallest absolute Gasteiger partial charge is 0.193 e. The van der Waals surface area contributed by atoms with Gasteiger partial charge in [0.2, 0.25) is 0 Å². The highest BCUT2D eigenvalue weighted by molar-refractivity contribution is 7.99. The van der Waals surface area contributed by atoms with Crippen LogP contribution in [0.25, 0.3) is 0 Å². The van der Waals surface area contributed by atoms with Crippen molar-refractivity contribution in [3.05, 3.63) is 41.3 Å². The van der Waals surface area contributed by atoms with Gasteiger partial charge < -0.3 is 5.73 Å². The molecule has 2 aromatic rings. The minimum absolute atomic E-state index is 0.116. The molecule has 0 bridgehead atoms. The van der Waals surface area contributed by atoms with E-state index in [-0.39, 0.29) is 6.04 Å². The molecule has 1 unspecified atom stereocenters. The summed E-state index contributed by atoms with van der Waals surface area (Å²) in [7, 11) is 0. The van der Waals surface area contributed by atoms with Crippen LogP contribution in [0.15, 0.2) is 40.9 Å². The highest BCUT2D eigenvalue weighted by atomic mass is 35.5. The Balaban J connectivity index is 2.04. The van der Waals surface area contributed by atoms with Gasteiger partial charge in [-0.3, -0.25) is 0 Å². The molecule has 18 heavy (non-hydrogen) atoms. The van der Waals surface area contributed by atoms with E-state index in [1.165, 1.54) is 11.8 Å². The molecule has 2 rings (SSSR count). The van der Waals surface area contributed by atoms with Crippen LogP contribution in [-0.2, 0) is 6.42 Å². The Bertz CT molecular complexity index is 498. The van der Waals surface area contributed by atoms with Crippen LogP contribution in [0.5, 0.6) is 0 Å². The van der Waals surface area contributed by atoms with Crippen LogP contribution in [-0.4, -0.2) is 21.0 Å². The molecular formula is C12H13ClN4S. The molecule has 0 aliphatic heterocycles. The lowest BCUT2D eigenvalue weighted by Crippen LogP contribution is -2.17. The standard InChI is InChI=1S/C12H13ClN4S/c1-8(14)4-9-5-16-12(17-6-9)18-11-3-2-10(13)7-15-11/h2-3,5-8H,4,14H2,1H3. The Morgan fingerprint density at radius 2 is 1.94 bits per heavy atom. The first-order valence-corrected chi connectivity index (χ1v) is 6.69. The number of rotatable bonds is 4. The zero-order valence-corrected chi connectivity index (χ0v) is 11.4. The molecule has 94 valence electrons. The zero-order chi connectivity index (χ0) is 13.0. The minimum Gasteiger partial charge on any atom is -0.328 e. The molecule has 2 N–H and O–H groups in total. The minimum atomic E-state index is 0.116. The number of hydrogen-bond acceptors (Lipinski definition) is 5. The van der Waals surface area contributed by atoms with E-state index in [2.05, 4.69) is 15.0 Å². The summed E-state index contributed by atoms with van der Waals surface area (Å²) in [5, 5.41) is 2.10. The summed E-state index contributed by atoms with van der Waals surface area (Å²) in [4.78, 5) is 12.7. The summed E-state index contributed by atoms with van der Waals surface area (Å²) in [5.41, 5.74) is 6.76. The maximum atomic E-state index is 5.77. The summed E-state index contributed by atoms with van der Waals surface area (Å²) < 4.78 is 0. The lowest BCUT2D eigenvalue weighted by Gasteiger charge is -2.04. The molecular weight excluding hydrogens is 268 g/mol. The van der Waals surface area contributed by atoms with Crippen molar-refractivity contribution in [2.24, 2.45) is 5.73 Å². The maximum absolute atomic E-state index is 5.77. The van der Waals surface area contributed by atoms with Crippen molar-refractivity contribution in [2.75, 3.05) is 0 Å².